The van der Waals surface area contributed by atoms with Crippen LogP contribution >= 0.6 is 0 Å². The van der Waals surface area contributed by atoms with E-state index in [4.69, 9.17) is 0 Å². The Hall–Kier alpha value is -1.12. The molecule has 0 amide bonds. The zero-order valence-corrected chi connectivity index (χ0v) is 7.03. The topological polar surface area (TPSA) is 43.4 Å². The first-order valence-electron chi connectivity index (χ1n) is 4.05. The van der Waals surface area contributed by atoms with Crippen molar-refractivity contribution in [1.82, 2.24) is 0 Å². The van der Waals surface area contributed by atoms with Gasteiger partial charge in [0.25, 0.3) is 0 Å². The van der Waals surface area contributed by atoms with Gasteiger partial charge in [0.1, 0.15) is 0 Å². The van der Waals surface area contributed by atoms with Gasteiger partial charge in [-0.15, -0.1) is 0 Å². The summed E-state index contributed by atoms with van der Waals surface area (Å²) in [6.07, 6.45) is 5.58. The molecule has 66 valence electrons. The van der Waals surface area contributed by atoms with E-state index in [0.717, 1.165) is 6.42 Å². The predicted octanol–water partition coefficient (Wildman–Crippen LogP) is 1.29. The van der Waals surface area contributed by atoms with E-state index in [1.54, 1.807) is 0 Å². The van der Waals surface area contributed by atoms with E-state index in [1.807, 2.05) is 13.0 Å². The van der Waals surface area contributed by atoms with Crippen molar-refractivity contribution in [2.45, 2.75) is 19.8 Å². The van der Waals surface area contributed by atoms with E-state index in [9.17, 15) is 9.59 Å². The molecule has 1 aliphatic rings. The van der Waals surface area contributed by atoms with E-state index in [-0.39, 0.29) is 18.3 Å². The third kappa shape index (κ3) is 1.94. The smallest absolute Gasteiger partial charge is 0.316 e. The molecule has 1 rings (SSSR count). The molecule has 0 radical (unpaired) electrons. The predicted molar refractivity (Wildman–Crippen MR) is 43.2 cm³/mol. The Morgan fingerprint density at radius 1 is 1.50 bits per heavy atom. The highest BCUT2D eigenvalue weighted by Crippen LogP contribution is 2.25. The summed E-state index contributed by atoms with van der Waals surface area (Å²) in [5.41, 5.74) is 0. The van der Waals surface area contributed by atoms with Gasteiger partial charge in [0.05, 0.1) is 5.92 Å². The third-order valence-corrected chi connectivity index (χ3v) is 2.22. The highest BCUT2D eigenvalue weighted by Gasteiger charge is 2.26. The number of hydrogen-bond acceptors (Lipinski definition) is 3. The van der Waals surface area contributed by atoms with Gasteiger partial charge >= 0.3 is 12.4 Å². The summed E-state index contributed by atoms with van der Waals surface area (Å²) < 4.78 is 4.30. The molecule has 0 N–H and O–H groups in total. The Balaban J connectivity index is 2.55. The van der Waals surface area contributed by atoms with Crippen LogP contribution in [0.15, 0.2) is 12.2 Å². The Kier molecular flexibility index (Phi) is 3.02. The molecule has 0 heterocycles. The van der Waals surface area contributed by atoms with E-state index >= 15 is 0 Å². The van der Waals surface area contributed by atoms with Gasteiger partial charge < -0.3 is 4.74 Å². The van der Waals surface area contributed by atoms with Crippen molar-refractivity contribution in [3.05, 3.63) is 12.2 Å². The molecule has 0 aromatic carbocycles. The highest BCUT2D eigenvalue weighted by molar-refractivity contribution is 5.79. The molecule has 0 bridgehead atoms. The zero-order valence-electron chi connectivity index (χ0n) is 7.03. The van der Waals surface area contributed by atoms with Gasteiger partial charge in [-0.1, -0.05) is 19.1 Å². The summed E-state index contributed by atoms with van der Waals surface area (Å²) in [6.45, 7) is 2.19. The summed E-state index contributed by atoms with van der Waals surface area (Å²) >= 11 is 0. The fourth-order valence-corrected chi connectivity index (χ4v) is 1.41. The van der Waals surface area contributed by atoms with Crippen LogP contribution in [0.25, 0.3) is 0 Å². The number of esters is 1. The molecule has 1 aliphatic carbocycles. The van der Waals surface area contributed by atoms with Crippen LogP contribution in [0.2, 0.25) is 0 Å². The van der Waals surface area contributed by atoms with Crippen molar-refractivity contribution in [2.24, 2.45) is 11.8 Å². The van der Waals surface area contributed by atoms with Gasteiger partial charge in [-0.25, -0.2) is 0 Å². The molecule has 0 saturated heterocycles. The van der Waals surface area contributed by atoms with Crippen LogP contribution in [0.4, 0.5) is 0 Å². The van der Waals surface area contributed by atoms with E-state index in [0.29, 0.717) is 6.42 Å². The molecule has 3 nitrogen and oxygen atoms in total. The normalized spacial score (nSPS) is 28.1. The summed E-state index contributed by atoms with van der Waals surface area (Å²) in [5, 5.41) is 0. The number of carbonyl (C=O) groups excluding carboxylic acids is 2. The Morgan fingerprint density at radius 3 is 2.75 bits per heavy atom. The van der Waals surface area contributed by atoms with Crippen molar-refractivity contribution in [3.63, 3.8) is 0 Å². The SMILES string of the molecule is CC1CC=CCC1C(=O)OC=O. The second kappa shape index (κ2) is 4.04. The van der Waals surface area contributed by atoms with Crippen LogP contribution in [0.1, 0.15) is 19.8 Å². The maximum absolute atomic E-state index is 11.1. The highest BCUT2D eigenvalue weighted by atomic mass is 16.6. The molecule has 0 fully saturated rings. The lowest BCUT2D eigenvalue weighted by atomic mass is 9.84. The Morgan fingerprint density at radius 2 is 2.17 bits per heavy atom. The van der Waals surface area contributed by atoms with Crippen molar-refractivity contribution >= 4 is 12.4 Å². The minimum absolute atomic E-state index is 0.139. The fourth-order valence-electron chi connectivity index (χ4n) is 1.41. The van der Waals surface area contributed by atoms with Gasteiger partial charge in [0.15, 0.2) is 0 Å². The van der Waals surface area contributed by atoms with Gasteiger partial charge in [0, 0.05) is 0 Å². The van der Waals surface area contributed by atoms with Gasteiger partial charge in [0.2, 0.25) is 0 Å². The molecule has 0 aliphatic heterocycles. The summed E-state index contributed by atoms with van der Waals surface area (Å²) in [6, 6.07) is 0. The largest absolute Gasteiger partial charge is 0.395 e. The van der Waals surface area contributed by atoms with Crippen LogP contribution in [0.5, 0.6) is 0 Å². The third-order valence-electron chi connectivity index (χ3n) is 2.22. The van der Waals surface area contributed by atoms with E-state index in [2.05, 4.69) is 10.8 Å². The molecular formula is C9H12O3. The lowest BCUT2D eigenvalue weighted by Gasteiger charge is -2.21. The van der Waals surface area contributed by atoms with Crippen LogP contribution in [0, 0.1) is 11.8 Å². The van der Waals surface area contributed by atoms with E-state index in [1.165, 1.54) is 0 Å². The lowest BCUT2D eigenvalue weighted by molar-refractivity contribution is -0.156. The average molecular weight is 168 g/mol. The summed E-state index contributed by atoms with van der Waals surface area (Å²) in [7, 11) is 0. The first-order chi connectivity index (χ1) is 5.75. The summed E-state index contributed by atoms with van der Waals surface area (Å²) in [5.74, 6) is -0.260. The fraction of sp³-hybridized carbons (Fsp3) is 0.556. The van der Waals surface area contributed by atoms with Crippen LogP contribution in [-0.2, 0) is 14.3 Å². The second-order valence-corrected chi connectivity index (χ2v) is 3.06. The number of ether oxygens (including phenoxy) is 1. The standard InChI is InChI=1S/C9H12O3/c1-7-4-2-3-5-8(7)9(11)12-6-10/h2-3,6-8H,4-5H2,1H3. The molecule has 0 aromatic rings. The van der Waals surface area contributed by atoms with Crippen molar-refractivity contribution < 1.29 is 14.3 Å². The van der Waals surface area contributed by atoms with Crippen LogP contribution in [0.3, 0.4) is 0 Å². The van der Waals surface area contributed by atoms with Gasteiger partial charge in [-0.05, 0) is 18.8 Å². The molecule has 2 atom stereocenters. The van der Waals surface area contributed by atoms with Crippen molar-refractivity contribution in [3.8, 4) is 0 Å². The molecule has 3 heteroatoms. The molecule has 0 spiro atoms. The Labute approximate surface area is 71.4 Å². The monoisotopic (exact) mass is 168 g/mol. The molecule has 0 aromatic heterocycles. The number of hydrogen-bond donors (Lipinski definition) is 0. The van der Waals surface area contributed by atoms with E-state index < -0.39 is 5.97 Å². The Bertz CT molecular complexity index is 208. The minimum Gasteiger partial charge on any atom is -0.395 e. The maximum Gasteiger partial charge on any atom is 0.316 e. The van der Waals surface area contributed by atoms with Crippen molar-refractivity contribution in [2.75, 3.05) is 0 Å². The average Bonchev–Trinajstić information content (AvgIpc) is 2.05. The number of rotatable bonds is 2. The molecule has 2 unspecified atom stereocenters. The second-order valence-electron chi connectivity index (χ2n) is 3.06. The summed E-state index contributed by atoms with van der Waals surface area (Å²) in [4.78, 5) is 21.0. The van der Waals surface area contributed by atoms with Crippen LogP contribution < -0.4 is 0 Å². The lowest BCUT2D eigenvalue weighted by Crippen LogP contribution is -2.24. The number of carbonyl (C=O) groups is 2. The van der Waals surface area contributed by atoms with Gasteiger partial charge in [-0.3, -0.25) is 9.59 Å². The first kappa shape index (κ1) is 8.97. The zero-order chi connectivity index (χ0) is 8.97. The first-order valence-corrected chi connectivity index (χ1v) is 4.05. The van der Waals surface area contributed by atoms with Crippen LogP contribution in [-0.4, -0.2) is 12.4 Å². The molecule has 12 heavy (non-hydrogen) atoms. The quantitative estimate of drug-likeness (QED) is 0.270. The number of allylic oxidation sites excluding steroid dienone is 2. The minimum atomic E-state index is -0.401. The van der Waals surface area contributed by atoms with Gasteiger partial charge in [-0.2, -0.15) is 0 Å². The maximum atomic E-state index is 11.1. The molecular weight excluding hydrogens is 156 g/mol. The van der Waals surface area contributed by atoms with Crippen molar-refractivity contribution in [1.29, 1.82) is 0 Å². The molecule has 0 saturated carbocycles.